The van der Waals surface area contributed by atoms with E-state index in [0.717, 1.165) is 0 Å². The summed E-state index contributed by atoms with van der Waals surface area (Å²) in [5, 5.41) is 16.6. The number of rotatable bonds is 16. The first-order chi connectivity index (χ1) is 17.0. The summed E-state index contributed by atoms with van der Waals surface area (Å²) in [5.74, 6) is -4.16. The number of benzene rings is 1. The van der Waals surface area contributed by atoms with Gasteiger partial charge in [-0.15, -0.1) is 0 Å². The molecule has 0 saturated heterocycles. The third-order valence-corrected chi connectivity index (χ3v) is 4.96. The fourth-order valence-electron chi connectivity index (χ4n) is 3.07. The lowest BCUT2D eigenvalue weighted by molar-refractivity contribution is -0.142. The number of nitrogens with two attached hydrogens (primary N) is 4. The number of carboxylic acid groups (broad SMARTS) is 1. The summed E-state index contributed by atoms with van der Waals surface area (Å²) < 4.78 is 0. The van der Waals surface area contributed by atoms with E-state index in [1.807, 2.05) is 0 Å². The van der Waals surface area contributed by atoms with E-state index in [9.17, 15) is 29.1 Å². The van der Waals surface area contributed by atoms with Crippen molar-refractivity contribution in [3.05, 3.63) is 35.9 Å². The van der Waals surface area contributed by atoms with Crippen LogP contribution >= 0.6 is 0 Å². The lowest BCUT2D eigenvalue weighted by atomic mass is 10.0. The van der Waals surface area contributed by atoms with Crippen molar-refractivity contribution in [2.24, 2.45) is 27.9 Å². The second kappa shape index (κ2) is 15.7. The molecule has 1 aromatic rings. The highest BCUT2D eigenvalue weighted by molar-refractivity contribution is 5.92. The molecule has 0 aliphatic rings. The molecular weight excluding hydrogens is 472 g/mol. The summed E-state index contributed by atoms with van der Waals surface area (Å²) in [4.78, 5) is 63.8. The van der Waals surface area contributed by atoms with Gasteiger partial charge in [-0.05, 0) is 24.8 Å². The smallest absolute Gasteiger partial charge is 0.326 e. The van der Waals surface area contributed by atoms with Gasteiger partial charge in [0.1, 0.15) is 12.1 Å². The first-order valence-corrected chi connectivity index (χ1v) is 11.2. The van der Waals surface area contributed by atoms with Crippen LogP contribution in [0.1, 0.15) is 31.2 Å². The number of carbonyl (C=O) groups excluding carboxylic acids is 4. The molecule has 0 fully saturated rings. The van der Waals surface area contributed by atoms with Gasteiger partial charge in [-0.25, -0.2) is 4.79 Å². The molecule has 0 heterocycles. The molecule has 3 atom stereocenters. The summed E-state index contributed by atoms with van der Waals surface area (Å²) in [7, 11) is 0. The molecule has 12 N–H and O–H groups in total. The van der Waals surface area contributed by atoms with Crippen LogP contribution in [-0.4, -0.2) is 71.9 Å². The number of nitrogens with zero attached hydrogens (tertiary/aromatic N) is 1. The van der Waals surface area contributed by atoms with Gasteiger partial charge >= 0.3 is 5.97 Å². The fraction of sp³-hybridized carbons (Fsp3) is 0.455. The molecule has 1 rings (SSSR count). The summed E-state index contributed by atoms with van der Waals surface area (Å²) in [6.45, 7) is -0.153. The maximum absolute atomic E-state index is 12.8. The predicted octanol–water partition coefficient (Wildman–Crippen LogP) is -2.95. The largest absolute Gasteiger partial charge is 0.480 e. The first-order valence-electron chi connectivity index (χ1n) is 11.2. The number of aliphatic carboxylic acids is 1. The molecule has 0 saturated carbocycles. The average Bonchev–Trinajstić information content (AvgIpc) is 2.82. The van der Waals surface area contributed by atoms with Crippen LogP contribution < -0.4 is 38.9 Å². The molecule has 0 spiro atoms. The van der Waals surface area contributed by atoms with Gasteiger partial charge in [-0.1, -0.05) is 30.3 Å². The van der Waals surface area contributed by atoms with E-state index in [1.54, 1.807) is 30.3 Å². The summed E-state index contributed by atoms with van der Waals surface area (Å²) in [6.07, 6.45) is 0.340. The molecule has 4 amide bonds. The molecule has 36 heavy (non-hydrogen) atoms. The van der Waals surface area contributed by atoms with Crippen molar-refractivity contribution in [1.82, 2.24) is 16.0 Å². The van der Waals surface area contributed by atoms with Crippen LogP contribution in [0.3, 0.4) is 0 Å². The Bertz CT molecular complexity index is 936. The van der Waals surface area contributed by atoms with Gasteiger partial charge < -0.3 is 44.0 Å². The van der Waals surface area contributed by atoms with E-state index < -0.39 is 54.3 Å². The maximum Gasteiger partial charge on any atom is 0.326 e. The molecule has 0 radical (unpaired) electrons. The molecule has 3 unspecified atom stereocenters. The third kappa shape index (κ3) is 12.3. The SMILES string of the molecule is NC(=O)CCC(NC(=O)C(Cc1ccccc1)NC(=O)CNC(=O)C(N)CCCN=C(N)N)C(=O)O. The number of primary amides is 1. The van der Waals surface area contributed by atoms with Gasteiger partial charge in [0.15, 0.2) is 5.96 Å². The number of guanidine groups is 1. The molecule has 0 aromatic heterocycles. The van der Waals surface area contributed by atoms with Gasteiger partial charge in [0.05, 0.1) is 12.6 Å². The fourth-order valence-corrected chi connectivity index (χ4v) is 3.07. The highest BCUT2D eigenvalue weighted by Gasteiger charge is 2.27. The Morgan fingerprint density at radius 1 is 0.917 bits per heavy atom. The standard InChI is InChI=1S/C22H34N8O6/c23-14(7-4-10-27-22(25)26)19(33)28-12-18(32)29-16(11-13-5-2-1-3-6-13)20(34)30-15(21(35)36)8-9-17(24)31/h1-3,5-6,14-16H,4,7-12,23H2,(H2,24,31)(H,28,33)(H,29,32)(H,30,34)(H,35,36)(H4,25,26,27). The van der Waals surface area contributed by atoms with Crippen molar-refractivity contribution >= 4 is 35.6 Å². The molecule has 14 nitrogen and oxygen atoms in total. The van der Waals surface area contributed by atoms with Crippen LogP contribution in [0, 0.1) is 0 Å². The number of aliphatic imine (C=N–C) groups is 1. The van der Waals surface area contributed by atoms with E-state index in [0.29, 0.717) is 18.5 Å². The monoisotopic (exact) mass is 506 g/mol. The van der Waals surface area contributed by atoms with Crippen molar-refractivity contribution in [3.63, 3.8) is 0 Å². The van der Waals surface area contributed by atoms with Crippen molar-refractivity contribution in [2.45, 2.75) is 50.2 Å². The van der Waals surface area contributed by atoms with Crippen molar-refractivity contribution in [3.8, 4) is 0 Å². The van der Waals surface area contributed by atoms with Crippen LogP contribution in [0.2, 0.25) is 0 Å². The summed E-state index contributed by atoms with van der Waals surface area (Å²) >= 11 is 0. The number of carbonyl (C=O) groups is 5. The quantitative estimate of drug-likeness (QED) is 0.0646. The van der Waals surface area contributed by atoms with Crippen molar-refractivity contribution in [2.75, 3.05) is 13.1 Å². The van der Waals surface area contributed by atoms with Crippen molar-refractivity contribution < 1.29 is 29.1 Å². The van der Waals surface area contributed by atoms with Crippen LogP contribution in [-0.2, 0) is 30.4 Å². The number of carboxylic acids is 1. The lowest BCUT2D eigenvalue weighted by Crippen LogP contribution is -2.54. The molecular formula is C22H34N8O6. The van der Waals surface area contributed by atoms with Crippen LogP contribution in [0.25, 0.3) is 0 Å². The highest BCUT2D eigenvalue weighted by Crippen LogP contribution is 2.05. The van der Waals surface area contributed by atoms with Gasteiger partial charge in [0.25, 0.3) is 0 Å². The number of nitrogens with one attached hydrogen (secondary N) is 3. The zero-order chi connectivity index (χ0) is 27.1. The van der Waals surface area contributed by atoms with Gasteiger partial charge in [-0.3, -0.25) is 24.2 Å². The Kier molecular flexibility index (Phi) is 13.0. The van der Waals surface area contributed by atoms with Gasteiger partial charge in [-0.2, -0.15) is 0 Å². The van der Waals surface area contributed by atoms with E-state index in [1.165, 1.54) is 0 Å². The number of hydrogen-bond donors (Lipinski definition) is 8. The molecule has 0 aliphatic carbocycles. The minimum Gasteiger partial charge on any atom is -0.480 e. The zero-order valence-electron chi connectivity index (χ0n) is 19.8. The molecule has 14 heteroatoms. The van der Waals surface area contributed by atoms with Crippen molar-refractivity contribution in [1.29, 1.82) is 0 Å². The molecule has 0 aliphatic heterocycles. The Morgan fingerprint density at radius 3 is 2.17 bits per heavy atom. The minimum atomic E-state index is -1.38. The Hall–Kier alpha value is -4.20. The van der Waals surface area contributed by atoms with Gasteiger partial charge in [0, 0.05) is 19.4 Å². The number of hydrogen-bond acceptors (Lipinski definition) is 7. The second-order valence-electron chi connectivity index (χ2n) is 7.99. The Morgan fingerprint density at radius 2 is 1.58 bits per heavy atom. The Balaban J connectivity index is 2.75. The highest BCUT2D eigenvalue weighted by atomic mass is 16.4. The van der Waals surface area contributed by atoms with E-state index in [4.69, 9.17) is 22.9 Å². The molecule has 0 bridgehead atoms. The average molecular weight is 507 g/mol. The summed E-state index contributed by atoms with van der Waals surface area (Å²) in [6, 6.07) is 5.31. The van der Waals surface area contributed by atoms with Gasteiger partial charge in [0.2, 0.25) is 23.6 Å². The normalized spacial score (nSPS) is 12.9. The number of amides is 4. The molecule has 198 valence electrons. The second-order valence-corrected chi connectivity index (χ2v) is 7.99. The first kappa shape index (κ1) is 29.8. The van der Waals surface area contributed by atoms with E-state index in [2.05, 4.69) is 20.9 Å². The minimum absolute atomic E-state index is 0.0544. The van der Waals surface area contributed by atoms with Crippen LogP contribution in [0.4, 0.5) is 0 Å². The summed E-state index contributed by atoms with van der Waals surface area (Å²) in [5.41, 5.74) is 22.0. The predicted molar refractivity (Wildman–Crippen MR) is 131 cm³/mol. The molecule has 1 aromatic carbocycles. The zero-order valence-corrected chi connectivity index (χ0v) is 19.8. The lowest BCUT2D eigenvalue weighted by Gasteiger charge is -2.22. The third-order valence-electron chi connectivity index (χ3n) is 4.96. The maximum atomic E-state index is 12.8. The van der Waals surface area contributed by atoms with Crippen LogP contribution in [0.15, 0.2) is 35.3 Å². The van der Waals surface area contributed by atoms with E-state index >= 15 is 0 Å². The van der Waals surface area contributed by atoms with Crippen LogP contribution in [0.5, 0.6) is 0 Å². The topological polar surface area (TPSA) is 258 Å². The van der Waals surface area contributed by atoms with E-state index in [-0.39, 0.29) is 31.6 Å². The Labute approximate surface area is 208 Å².